The maximum absolute atomic E-state index is 5.37. The molecule has 0 saturated heterocycles. The van der Waals surface area contributed by atoms with E-state index in [0.29, 0.717) is 12.0 Å². The van der Waals surface area contributed by atoms with Gasteiger partial charge in [-0.1, -0.05) is 12.8 Å². The molecule has 0 aromatic heterocycles. The van der Waals surface area contributed by atoms with Crippen LogP contribution in [0.15, 0.2) is 23.1 Å². The summed E-state index contributed by atoms with van der Waals surface area (Å²) in [6, 6.07) is 0.422. The van der Waals surface area contributed by atoms with E-state index in [9.17, 15) is 0 Å². The predicted octanol–water partition coefficient (Wildman–Crippen LogP) is 1.99. The molecule has 0 bridgehead atoms. The predicted molar refractivity (Wildman–Crippen MR) is 56.8 cm³/mol. The second kappa shape index (κ2) is 6.58. The lowest BCUT2D eigenvalue weighted by molar-refractivity contribution is 0.704. The van der Waals surface area contributed by atoms with Crippen LogP contribution in [0.1, 0.15) is 27.1 Å². The molecule has 0 atom stereocenters. The Balaban J connectivity index is 0. The molecule has 0 spiro atoms. The Hall–Kier alpha value is -1.12. The van der Waals surface area contributed by atoms with Crippen molar-refractivity contribution in [1.82, 2.24) is 0 Å². The van der Waals surface area contributed by atoms with Crippen molar-refractivity contribution in [2.75, 3.05) is 0 Å². The number of nitrogens with two attached hydrogens (primary N) is 1. The molecule has 0 heterocycles. The molecule has 0 radical (unpaired) electrons. The molecular weight excluding hydrogens is 150 g/mol. The van der Waals surface area contributed by atoms with Crippen LogP contribution >= 0.6 is 0 Å². The Morgan fingerprint density at radius 3 is 2.25 bits per heavy atom. The van der Waals surface area contributed by atoms with Gasteiger partial charge in [-0.15, -0.1) is 13.2 Å². The molecule has 0 aromatic rings. The first-order chi connectivity index (χ1) is 5.83. The van der Waals surface area contributed by atoms with E-state index in [1.807, 2.05) is 0 Å². The highest BCUT2D eigenvalue weighted by molar-refractivity contribution is 5.82. The van der Waals surface area contributed by atoms with Crippen molar-refractivity contribution in [2.45, 2.75) is 31.7 Å². The van der Waals surface area contributed by atoms with E-state index in [1.54, 1.807) is 0 Å². The lowest BCUT2D eigenvalue weighted by atomic mass is 10.3. The number of hydrogen-bond donors (Lipinski definition) is 1. The van der Waals surface area contributed by atoms with Crippen molar-refractivity contribution in [2.24, 2.45) is 15.7 Å². The molecule has 3 heteroatoms. The van der Waals surface area contributed by atoms with Crippen LogP contribution in [0.5, 0.6) is 0 Å². The Labute approximate surface area is 75.6 Å². The largest absolute Gasteiger partial charge is 0.368 e. The smallest absolute Gasteiger partial charge is 0.214 e. The highest BCUT2D eigenvalue weighted by Gasteiger charge is 2.13. The first kappa shape index (κ1) is 10.9. The SMILES string of the molecule is C=C.C=NC(N)=NC1CCCC1.[HH]. The van der Waals surface area contributed by atoms with Gasteiger partial charge in [0.2, 0.25) is 5.96 Å². The van der Waals surface area contributed by atoms with Crippen LogP contribution in [0.2, 0.25) is 0 Å². The van der Waals surface area contributed by atoms with Crippen molar-refractivity contribution in [3.63, 3.8) is 0 Å². The molecule has 0 aliphatic heterocycles. The van der Waals surface area contributed by atoms with Crippen LogP contribution in [0.25, 0.3) is 0 Å². The maximum Gasteiger partial charge on any atom is 0.214 e. The lowest BCUT2D eigenvalue weighted by Gasteiger charge is -2.00. The van der Waals surface area contributed by atoms with Gasteiger partial charge in [-0.05, 0) is 19.6 Å². The van der Waals surface area contributed by atoms with Gasteiger partial charge in [0.25, 0.3) is 0 Å². The van der Waals surface area contributed by atoms with E-state index < -0.39 is 0 Å². The van der Waals surface area contributed by atoms with Gasteiger partial charge in [0.05, 0.1) is 6.04 Å². The fourth-order valence-corrected chi connectivity index (χ4v) is 1.26. The Kier molecular flexibility index (Phi) is 5.97. The van der Waals surface area contributed by atoms with E-state index in [2.05, 4.69) is 29.9 Å². The molecule has 0 amide bonds. The van der Waals surface area contributed by atoms with Gasteiger partial charge >= 0.3 is 0 Å². The standard InChI is InChI=1S/C7H13N3.C2H4.H2/c1-9-7(8)10-6-4-2-3-5-6;1-2;/h6H,1-5H2,(H2,8,10);1-2H2;1H. The second-order valence-electron chi connectivity index (χ2n) is 2.58. The second-order valence-corrected chi connectivity index (χ2v) is 2.58. The van der Waals surface area contributed by atoms with Gasteiger partial charge in [0.15, 0.2) is 0 Å². The number of rotatable bonds is 1. The van der Waals surface area contributed by atoms with Gasteiger partial charge in [-0.2, -0.15) is 0 Å². The average Bonchev–Trinajstić information content (AvgIpc) is 2.60. The summed E-state index contributed by atoms with van der Waals surface area (Å²) in [5.41, 5.74) is 5.37. The van der Waals surface area contributed by atoms with Gasteiger partial charge < -0.3 is 5.73 Å². The molecule has 70 valence electrons. The molecule has 2 N–H and O–H groups in total. The summed E-state index contributed by atoms with van der Waals surface area (Å²) in [6.07, 6.45) is 4.88. The van der Waals surface area contributed by atoms with E-state index in [1.165, 1.54) is 12.8 Å². The van der Waals surface area contributed by atoms with Gasteiger partial charge in [0.1, 0.15) is 0 Å². The van der Waals surface area contributed by atoms with Gasteiger partial charge in [0, 0.05) is 1.43 Å². The zero-order valence-corrected chi connectivity index (χ0v) is 7.50. The first-order valence-corrected chi connectivity index (χ1v) is 4.13. The molecule has 3 nitrogen and oxygen atoms in total. The number of guanidine groups is 1. The Morgan fingerprint density at radius 2 is 1.83 bits per heavy atom. The number of nitrogens with zero attached hydrogens (tertiary/aromatic N) is 2. The third kappa shape index (κ3) is 3.91. The molecule has 0 unspecified atom stereocenters. The fraction of sp³-hybridized carbons (Fsp3) is 0.556. The van der Waals surface area contributed by atoms with Crippen molar-refractivity contribution >= 4 is 12.7 Å². The third-order valence-corrected chi connectivity index (χ3v) is 1.80. The van der Waals surface area contributed by atoms with Gasteiger partial charge in [-0.3, -0.25) is 0 Å². The monoisotopic (exact) mass is 169 g/mol. The molecule has 1 fully saturated rings. The van der Waals surface area contributed by atoms with Crippen molar-refractivity contribution in [1.29, 1.82) is 0 Å². The minimum absolute atomic E-state index is 0. The zero-order chi connectivity index (χ0) is 9.40. The molecule has 1 aliphatic rings. The zero-order valence-electron chi connectivity index (χ0n) is 7.50. The fourth-order valence-electron chi connectivity index (χ4n) is 1.26. The summed E-state index contributed by atoms with van der Waals surface area (Å²) in [7, 11) is 0. The van der Waals surface area contributed by atoms with Crippen LogP contribution in [-0.2, 0) is 0 Å². The van der Waals surface area contributed by atoms with Crippen LogP contribution < -0.4 is 5.73 Å². The topological polar surface area (TPSA) is 50.7 Å². The summed E-state index contributed by atoms with van der Waals surface area (Å²) in [5.74, 6) is 0.340. The van der Waals surface area contributed by atoms with Gasteiger partial charge in [-0.25, -0.2) is 9.98 Å². The molecular formula is C9H19N3. The van der Waals surface area contributed by atoms with Crippen molar-refractivity contribution < 1.29 is 1.43 Å². The molecule has 1 saturated carbocycles. The quantitative estimate of drug-likeness (QED) is 0.364. The van der Waals surface area contributed by atoms with E-state index in [0.717, 1.165) is 12.8 Å². The number of aliphatic imine (C=N–C) groups is 2. The maximum atomic E-state index is 5.37. The first-order valence-electron chi connectivity index (χ1n) is 4.13. The van der Waals surface area contributed by atoms with E-state index in [-0.39, 0.29) is 1.43 Å². The van der Waals surface area contributed by atoms with Crippen LogP contribution in [0, 0.1) is 0 Å². The normalized spacial score (nSPS) is 18.2. The van der Waals surface area contributed by atoms with Crippen molar-refractivity contribution in [3.05, 3.63) is 13.2 Å². The molecule has 1 rings (SSSR count). The molecule has 0 aromatic carbocycles. The highest BCUT2D eigenvalue weighted by atomic mass is 15.0. The Bertz CT molecular complexity index is 162. The van der Waals surface area contributed by atoms with Crippen molar-refractivity contribution in [3.8, 4) is 0 Å². The lowest BCUT2D eigenvalue weighted by Crippen LogP contribution is -2.11. The van der Waals surface area contributed by atoms with Crippen LogP contribution in [-0.4, -0.2) is 18.7 Å². The third-order valence-electron chi connectivity index (χ3n) is 1.80. The summed E-state index contributed by atoms with van der Waals surface area (Å²) < 4.78 is 0. The van der Waals surface area contributed by atoms with E-state index in [4.69, 9.17) is 5.73 Å². The molecule has 1 aliphatic carbocycles. The summed E-state index contributed by atoms with van der Waals surface area (Å²) >= 11 is 0. The summed E-state index contributed by atoms with van der Waals surface area (Å²) in [6.45, 7) is 9.30. The van der Waals surface area contributed by atoms with E-state index >= 15 is 0 Å². The van der Waals surface area contributed by atoms with Crippen LogP contribution in [0.4, 0.5) is 0 Å². The minimum Gasteiger partial charge on any atom is -0.368 e. The highest BCUT2D eigenvalue weighted by Crippen LogP contribution is 2.20. The minimum atomic E-state index is 0. The summed E-state index contributed by atoms with van der Waals surface area (Å²) in [5, 5.41) is 0. The summed E-state index contributed by atoms with van der Waals surface area (Å²) in [4.78, 5) is 7.69. The Morgan fingerprint density at radius 1 is 1.33 bits per heavy atom. The van der Waals surface area contributed by atoms with Crippen LogP contribution in [0.3, 0.4) is 0 Å². The average molecular weight is 169 g/mol. The number of hydrogen-bond acceptors (Lipinski definition) is 1. The molecule has 12 heavy (non-hydrogen) atoms.